The molecule has 1 N–H and O–H groups in total. The second kappa shape index (κ2) is 7.83. The van der Waals surface area contributed by atoms with Crippen molar-refractivity contribution in [3.05, 3.63) is 59.9 Å². The summed E-state index contributed by atoms with van der Waals surface area (Å²) >= 11 is 0. The number of ether oxygens (including phenoxy) is 1. The maximum Gasteiger partial charge on any atom is 0.207 e. The molecular weight excluding hydrogens is 314 g/mol. The standard InChI is InChI=1S/C20H23N3O2/c1-15-8-10-17(11-9-15)25-13-5-12-23-19-7-4-3-6-18(19)22-20(23)16(2)21-14-24/h3-4,6-11,14,16H,5,12-13H2,1-2H3,(H,21,24). The third kappa shape index (κ3) is 3.99. The Morgan fingerprint density at radius 3 is 2.72 bits per heavy atom. The average Bonchev–Trinajstić information content (AvgIpc) is 2.99. The number of aryl methyl sites for hydroxylation is 2. The number of rotatable bonds is 8. The van der Waals surface area contributed by atoms with E-state index in [2.05, 4.69) is 27.9 Å². The number of fused-ring (bicyclic) bond motifs is 1. The van der Waals surface area contributed by atoms with Crippen LogP contribution in [0.1, 0.15) is 30.8 Å². The molecule has 0 spiro atoms. The number of hydrogen-bond donors (Lipinski definition) is 1. The van der Waals surface area contributed by atoms with E-state index in [-0.39, 0.29) is 6.04 Å². The molecular formula is C20H23N3O2. The lowest BCUT2D eigenvalue weighted by Crippen LogP contribution is -2.21. The Balaban J connectivity index is 1.70. The first-order chi connectivity index (χ1) is 12.2. The lowest BCUT2D eigenvalue weighted by atomic mass is 10.2. The Morgan fingerprint density at radius 1 is 1.20 bits per heavy atom. The molecule has 25 heavy (non-hydrogen) atoms. The van der Waals surface area contributed by atoms with Gasteiger partial charge < -0.3 is 14.6 Å². The van der Waals surface area contributed by atoms with Crippen LogP contribution < -0.4 is 10.1 Å². The minimum absolute atomic E-state index is 0.136. The largest absolute Gasteiger partial charge is 0.494 e. The van der Waals surface area contributed by atoms with Crippen molar-refractivity contribution in [1.82, 2.24) is 14.9 Å². The van der Waals surface area contributed by atoms with Crippen LogP contribution in [0.4, 0.5) is 0 Å². The van der Waals surface area contributed by atoms with E-state index in [0.29, 0.717) is 6.61 Å². The van der Waals surface area contributed by atoms with E-state index in [1.165, 1.54) is 5.56 Å². The van der Waals surface area contributed by atoms with Crippen molar-refractivity contribution in [2.75, 3.05) is 6.61 Å². The van der Waals surface area contributed by atoms with E-state index in [1.54, 1.807) is 0 Å². The molecule has 1 amide bonds. The van der Waals surface area contributed by atoms with Crippen LogP contribution in [0, 0.1) is 6.92 Å². The second-order valence-corrected chi connectivity index (χ2v) is 6.13. The summed E-state index contributed by atoms with van der Waals surface area (Å²) in [5, 5.41) is 2.79. The SMILES string of the molecule is Cc1ccc(OCCCn2c(C(C)NC=O)nc3ccccc32)cc1. The highest BCUT2D eigenvalue weighted by Gasteiger charge is 2.15. The van der Waals surface area contributed by atoms with Crippen molar-refractivity contribution in [1.29, 1.82) is 0 Å². The van der Waals surface area contributed by atoms with Crippen molar-refractivity contribution < 1.29 is 9.53 Å². The van der Waals surface area contributed by atoms with Gasteiger partial charge in [0.2, 0.25) is 6.41 Å². The topological polar surface area (TPSA) is 56.1 Å². The maximum atomic E-state index is 10.8. The molecule has 3 rings (SSSR count). The molecule has 1 atom stereocenters. The molecule has 0 aliphatic carbocycles. The van der Waals surface area contributed by atoms with Crippen LogP contribution in [0.3, 0.4) is 0 Å². The average molecular weight is 337 g/mol. The third-order valence-electron chi connectivity index (χ3n) is 4.21. The molecule has 3 aromatic rings. The summed E-state index contributed by atoms with van der Waals surface area (Å²) in [6.45, 7) is 5.41. The fourth-order valence-corrected chi connectivity index (χ4v) is 2.88. The first-order valence-corrected chi connectivity index (χ1v) is 8.53. The van der Waals surface area contributed by atoms with Gasteiger partial charge in [0.15, 0.2) is 0 Å². The molecule has 0 bridgehead atoms. The van der Waals surface area contributed by atoms with Gasteiger partial charge in [-0.1, -0.05) is 29.8 Å². The van der Waals surface area contributed by atoms with Crippen LogP contribution >= 0.6 is 0 Å². The summed E-state index contributed by atoms with van der Waals surface area (Å²) in [4.78, 5) is 15.5. The molecule has 5 heteroatoms. The van der Waals surface area contributed by atoms with E-state index >= 15 is 0 Å². The normalized spacial score (nSPS) is 12.1. The molecule has 0 fully saturated rings. The zero-order valence-electron chi connectivity index (χ0n) is 14.6. The number of aromatic nitrogens is 2. The van der Waals surface area contributed by atoms with Gasteiger partial charge in [0.25, 0.3) is 0 Å². The van der Waals surface area contributed by atoms with Gasteiger partial charge in [0, 0.05) is 6.54 Å². The molecule has 0 saturated heterocycles. The van der Waals surface area contributed by atoms with E-state index in [1.807, 2.05) is 49.4 Å². The van der Waals surface area contributed by atoms with Crippen LogP contribution in [0.5, 0.6) is 5.75 Å². The van der Waals surface area contributed by atoms with Crippen LogP contribution in [0.15, 0.2) is 48.5 Å². The number of para-hydroxylation sites is 2. The van der Waals surface area contributed by atoms with Crippen LogP contribution in [0.25, 0.3) is 11.0 Å². The quantitative estimate of drug-likeness (QED) is 0.504. The number of benzene rings is 2. The Labute approximate surface area is 147 Å². The van der Waals surface area contributed by atoms with Crippen LogP contribution in [-0.4, -0.2) is 22.6 Å². The van der Waals surface area contributed by atoms with Crippen molar-refractivity contribution in [2.45, 2.75) is 32.9 Å². The predicted octanol–water partition coefficient (Wildman–Crippen LogP) is 3.62. The highest BCUT2D eigenvalue weighted by Crippen LogP contribution is 2.21. The highest BCUT2D eigenvalue weighted by molar-refractivity contribution is 5.76. The smallest absolute Gasteiger partial charge is 0.207 e. The monoisotopic (exact) mass is 337 g/mol. The zero-order valence-corrected chi connectivity index (χ0v) is 14.6. The van der Waals surface area contributed by atoms with E-state index < -0.39 is 0 Å². The lowest BCUT2D eigenvalue weighted by Gasteiger charge is -2.14. The Bertz CT molecular complexity index is 840. The zero-order chi connectivity index (χ0) is 17.6. The summed E-state index contributed by atoms with van der Waals surface area (Å²) in [5.74, 6) is 1.75. The minimum atomic E-state index is -0.136. The van der Waals surface area contributed by atoms with Gasteiger partial charge in [-0.15, -0.1) is 0 Å². The fraction of sp³-hybridized carbons (Fsp3) is 0.300. The van der Waals surface area contributed by atoms with Crippen molar-refractivity contribution >= 4 is 17.4 Å². The van der Waals surface area contributed by atoms with Gasteiger partial charge in [-0.25, -0.2) is 4.98 Å². The summed E-state index contributed by atoms with van der Waals surface area (Å²) in [7, 11) is 0. The van der Waals surface area contributed by atoms with Gasteiger partial charge >= 0.3 is 0 Å². The van der Waals surface area contributed by atoms with E-state index in [9.17, 15) is 4.79 Å². The molecule has 0 saturated carbocycles. The molecule has 0 aliphatic heterocycles. The number of nitrogens with zero attached hydrogens (tertiary/aromatic N) is 2. The number of imidazole rings is 1. The minimum Gasteiger partial charge on any atom is -0.494 e. The molecule has 1 aromatic heterocycles. The Morgan fingerprint density at radius 2 is 1.96 bits per heavy atom. The maximum absolute atomic E-state index is 10.8. The van der Waals surface area contributed by atoms with Gasteiger partial charge in [-0.05, 0) is 44.5 Å². The van der Waals surface area contributed by atoms with E-state index in [4.69, 9.17) is 4.74 Å². The lowest BCUT2D eigenvalue weighted by molar-refractivity contribution is -0.110. The van der Waals surface area contributed by atoms with Gasteiger partial charge in [-0.2, -0.15) is 0 Å². The Hall–Kier alpha value is -2.82. The van der Waals surface area contributed by atoms with Crippen molar-refractivity contribution in [3.63, 3.8) is 0 Å². The number of carbonyl (C=O) groups is 1. The van der Waals surface area contributed by atoms with Crippen LogP contribution in [0.2, 0.25) is 0 Å². The number of carbonyl (C=O) groups excluding carboxylic acids is 1. The summed E-state index contributed by atoms with van der Waals surface area (Å²) in [6.07, 6.45) is 1.57. The van der Waals surface area contributed by atoms with Crippen LogP contribution in [-0.2, 0) is 11.3 Å². The molecule has 1 unspecified atom stereocenters. The molecule has 0 radical (unpaired) electrons. The first-order valence-electron chi connectivity index (χ1n) is 8.53. The fourth-order valence-electron chi connectivity index (χ4n) is 2.88. The number of amides is 1. The van der Waals surface area contributed by atoms with Crippen molar-refractivity contribution in [3.8, 4) is 5.75 Å². The van der Waals surface area contributed by atoms with Gasteiger partial charge in [0.1, 0.15) is 11.6 Å². The number of nitrogens with one attached hydrogen (secondary N) is 1. The Kier molecular flexibility index (Phi) is 5.33. The molecule has 1 heterocycles. The van der Waals surface area contributed by atoms with Gasteiger partial charge in [0.05, 0.1) is 23.7 Å². The summed E-state index contributed by atoms with van der Waals surface area (Å²) < 4.78 is 7.98. The molecule has 2 aromatic carbocycles. The summed E-state index contributed by atoms with van der Waals surface area (Å²) in [6, 6.07) is 16.0. The molecule has 130 valence electrons. The third-order valence-corrected chi connectivity index (χ3v) is 4.21. The summed E-state index contributed by atoms with van der Waals surface area (Å²) in [5.41, 5.74) is 3.24. The second-order valence-electron chi connectivity index (χ2n) is 6.13. The van der Waals surface area contributed by atoms with Gasteiger partial charge in [-0.3, -0.25) is 4.79 Å². The van der Waals surface area contributed by atoms with E-state index in [0.717, 1.165) is 42.0 Å². The molecule has 5 nitrogen and oxygen atoms in total. The highest BCUT2D eigenvalue weighted by atomic mass is 16.5. The number of hydrogen-bond acceptors (Lipinski definition) is 3. The molecule has 0 aliphatic rings. The predicted molar refractivity (Wildman–Crippen MR) is 98.6 cm³/mol. The first kappa shape index (κ1) is 17.0. The van der Waals surface area contributed by atoms with Crippen molar-refractivity contribution in [2.24, 2.45) is 0 Å².